The third kappa shape index (κ3) is 3.01. The van der Waals surface area contributed by atoms with Crippen LogP contribution in [0.4, 0.5) is 0 Å². The van der Waals surface area contributed by atoms with Crippen LogP contribution in [0.3, 0.4) is 0 Å². The van der Waals surface area contributed by atoms with E-state index in [9.17, 15) is 8.42 Å². The number of hydrogen-bond acceptors (Lipinski definition) is 7. The maximum atomic E-state index is 12.7. The lowest BCUT2D eigenvalue weighted by Gasteiger charge is -2.30. The zero-order valence-corrected chi connectivity index (χ0v) is 14.5. The van der Waals surface area contributed by atoms with Crippen molar-refractivity contribution in [3.05, 3.63) is 26.5 Å². The highest BCUT2D eigenvalue weighted by atomic mass is 35.5. The summed E-state index contributed by atoms with van der Waals surface area (Å²) in [7, 11) is -3.75. The second-order valence-electron chi connectivity index (χ2n) is 4.57. The lowest BCUT2D eigenvalue weighted by atomic mass is 10.3. The summed E-state index contributed by atoms with van der Waals surface area (Å²) in [4.78, 5) is 0.00604. The van der Waals surface area contributed by atoms with Gasteiger partial charge < -0.3 is 9.15 Å². The molecule has 1 fully saturated rings. The van der Waals surface area contributed by atoms with Gasteiger partial charge in [0.15, 0.2) is 0 Å². The van der Waals surface area contributed by atoms with E-state index >= 15 is 0 Å². The Bertz CT molecular complexity index is 789. The molecule has 11 heteroatoms. The number of rotatable bonds is 3. The summed E-state index contributed by atoms with van der Waals surface area (Å²) >= 11 is 12.8. The molecule has 1 aliphatic heterocycles. The van der Waals surface area contributed by atoms with Crippen LogP contribution in [-0.2, 0) is 14.8 Å². The van der Waals surface area contributed by atoms with Gasteiger partial charge in [0.05, 0.1) is 10.9 Å². The van der Waals surface area contributed by atoms with E-state index in [4.69, 9.17) is 32.4 Å². The SMILES string of the molecule is Cc1nnc(C2CN(S(=O)(=O)c3cc(Cl)sc3Cl)CCO2)o1. The molecule has 0 amide bonds. The average molecular weight is 384 g/mol. The molecule has 0 radical (unpaired) electrons. The van der Waals surface area contributed by atoms with Gasteiger partial charge in [0.25, 0.3) is 0 Å². The normalized spacial score (nSPS) is 20.4. The van der Waals surface area contributed by atoms with Gasteiger partial charge in [-0.3, -0.25) is 0 Å². The number of hydrogen-bond donors (Lipinski definition) is 0. The Kier molecular flexibility index (Phi) is 4.45. The number of ether oxygens (including phenoxy) is 1. The molecule has 1 saturated heterocycles. The van der Waals surface area contributed by atoms with Crippen LogP contribution in [0.2, 0.25) is 8.67 Å². The van der Waals surface area contributed by atoms with Gasteiger partial charge >= 0.3 is 0 Å². The van der Waals surface area contributed by atoms with Crippen molar-refractivity contribution in [2.24, 2.45) is 0 Å². The first-order valence-corrected chi connectivity index (χ1v) is 9.26. The number of sulfonamides is 1. The fourth-order valence-corrected chi connectivity index (χ4v) is 5.61. The average Bonchev–Trinajstić information content (AvgIpc) is 3.05. The molecule has 120 valence electrons. The van der Waals surface area contributed by atoms with Gasteiger partial charge in [-0.15, -0.1) is 21.5 Å². The summed E-state index contributed by atoms with van der Waals surface area (Å²) in [6.45, 7) is 2.17. The number of aryl methyl sites for hydroxylation is 1. The van der Waals surface area contributed by atoms with Crippen molar-refractivity contribution in [2.45, 2.75) is 17.9 Å². The highest BCUT2D eigenvalue weighted by Crippen LogP contribution is 2.37. The second-order valence-corrected chi connectivity index (χ2v) is 8.76. The molecule has 0 aromatic carbocycles. The van der Waals surface area contributed by atoms with Crippen LogP contribution >= 0.6 is 34.5 Å². The summed E-state index contributed by atoms with van der Waals surface area (Å²) in [6, 6.07) is 1.35. The number of morpholine rings is 1. The van der Waals surface area contributed by atoms with E-state index in [1.54, 1.807) is 6.92 Å². The molecule has 0 aliphatic carbocycles. The molecule has 0 saturated carbocycles. The highest BCUT2D eigenvalue weighted by molar-refractivity contribution is 7.89. The fourth-order valence-electron chi connectivity index (χ4n) is 2.08. The molecule has 2 aromatic heterocycles. The van der Waals surface area contributed by atoms with Crippen LogP contribution in [0.1, 0.15) is 17.9 Å². The number of halogens is 2. The summed E-state index contributed by atoms with van der Waals surface area (Å²) in [5, 5.41) is 7.60. The van der Waals surface area contributed by atoms with Gasteiger partial charge in [0, 0.05) is 20.0 Å². The first kappa shape index (κ1) is 16.2. The highest BCUT2D eigenvalue weighted by Gasteiger charge is 2.35. The topological polar surface area (TPSA) is 85.5 Å². The Morgan fingerprint density at radius 1 is 1.41 bits per heavy atom. The molecule has 3 heterocycles. The van der Waals surface area contributed by atoms with Gasteiger partial charge in [-0.05, 0) is 6.07 Å². The first-order chi connectivity index (χ1) is 10.4. The van der Waals surface area contributed by atoms with Crippen LogP contribution < -0.4 is 0 Å². The van der Waals surface area contributed by atoms with Gasteiger partial charge in [-0.1, -0.05) is 23.2 Å². The summed E-state index contributed by atoms with van der Waals surface area (Å²) < 4.78 is 37.9. The van der Waals surface area contributed by atoms with Crippen LogP contribution in [-0.4, -0.2) is 42.6 Å². The minimum absolute atomic E-state index is 0.00604. The fraction of sp³-hybridized carbons (Fsp3) is 0.455. The molecular weight excluding hydrogens is 373 g/mol. The summed E-state index contributed by atoms with van der Waals surface area (Å²) in [5.41, 5.74) is 0. The third-order valence-electron chi connectivity index (χ3n) is 3.09. The lowest BCUT2D eigenvalue weighted by Crippen LogP contribution is -2.42. The van der Waals surface area contributed by atoms with Gasteiger partial charge in [-0.25, -0.2) is 8.42 Å². The Labute approximate surface area is 140 Å². The van der Waals surface area contributed by atoms with E-state index in [-0.39, 0.29) is 34.8 Å². The van der Waals surface area contributed by atoms with Gasteiger partial charge in [0.2, 0.25) is 21.8 Å². The molecule has 1 aliphatic rings. The molecule has 3 rings (SSSR count). The third-order valence-corrected chi connectivity index (χ3v) is 6.71. The molecule has 7 nitrogen and oxygen atoms in total. The monoisotopic (exact) mass is 383 g/mol. The van der Waals surface area contributed by atoms with Crippen molar-refractivity contribution >= 4 is 44.6 Å². The van der Waals surface area contributed by atoms with E-state index in [0.29, 0.717) is 10.2 Å². The smallest absolute Gasteiger partial charge is 0.246 e. The van der Waals surface area contributed by atoms with E-state index < -0.39 is 16.1 Å². The predicted octanol–water partition coefficient (Wildman–Crippen LogP) is 2.51. The Morgan fingerprint density at radius 3 is 2.77 bits per heavy atom. The van der Waals surface area contributed by atoms with Crippen molar-refractivity contribution in [2.75, 3.05) is 19.7 Å². The molecular formula is C11H11Cl2N3O4S2. The minimum Gasteiger partial charge on any atom is -0.423 e. The summed E-state index contributed by atoms with van der Waals surface area (Å²) in [6.07, 6.45) is -0.599. The maximum absolute atomic E-state index is 12.7. The Morgan fingerprint density at radius 2 is 2.18 bits per heavy atom. The lowest BCUT2D eigenvalue weighted by molar-refractivity contribution is -0.0176. The Hall–Kier alpha value is -0.710. The molecule has 0 spiro atoms. The molecule has 0 N–H and O–H groups in total. The zero-order chi connectivity index (χ0) is 15.9. The maximum Gasteiger partial charge on any atom is 0.246 e. The molecule has 1 atom stereocenters. The van der Waals surface area contributed by atoms with Gasteiger partial charge in [-0.2, -0.15) is 4.31 Å². The zero-order valence-electron chi connectivity index (χ0n) is 11.3. The number of nitrogens with zero attached hydrogens (tertiary/aromatic N) is 3. The van der Waals surface area contributed by atoms with Crippen molar-refractivity contribution in [3.63, 3.8) is 0 Å². The van der Waals surface area contributed by atoms with E-state index in [1.807, 2.05) is 0 Å². The quantitative estimate of drug-likeness (QED) is 0.809. The van der Waals surface area contributed by atoms with Gasteiger partial charge in [0.1, 0.15) is 15.3 Å². The van der Waals surface area contributed by atoms with Crippen molar-refractivity contribution < 1.29 is 17.6 Å². The molecule has 22 heavy (non-hydrogen) atoms. The van der Waals surface area contributed by atoms with Crippen LogP contribution in [0.25, 0.3) is 0 Å². The molecule has 1 unspecified atom stereocenters. The van der Waals surface area contributed by atoms with Crippen LogP contribution in [0.15, 0.2) is 15.4 Å². The van der Waals surface area contributed by atoms with Crippen LogP contribution in [0, 0.1) is 6.92 Å². The van der Waals surface area contributed by atoms with Crippen molar-refractivity contribution in [3.8, 4) is 0 Å². The van der Waals surface area contributed by atoms with E-state index in [0.717, 1.165) is 11.3 Å². The van der Waals surface area contributed by atoms with Crippen molar-refractivity contribution in [1.82, 2.24) is 14.5 Å². The predicted molar refractivity (Wildman–Crippen MR) is 80.8 cm³/mol. The minimum atomic E-state index is -3.75. The van der Waals surface area contributed by atoms with E-state index in [2.05, 4.69) is 10.2 Å². The first-order valence-electron chi connectivity index (χ1n) is 6.24. The Balaban J connectivity index is 1.86. The second kappa shape index (κ2) is 6.06. The van der Waals surface area contributed by atoms with E-state index in [1.165, 1.54) is 10.4 Å². The van der Waals surface area contributed by atoms with Crippen molar-refractivity contribution in [1.29, 1.82) is 0 Å². The standard InChI is InChI=1S/C11H11Cl2N3O4S2/c1-6-14-15-11(20-6)7-5-16(2-3-19-7)22(17,18)8-4-9(12)21-10(8)13/h4,7H,2-3,5H2,1H3. The number of aromatic nitrogens is 2. The molecule has 2 aromatic rings. The number of thiophene rings is 1. The van der Waals surface area contributed by atoms with Crippen LogP contribution in [0.5, 0.6) is 0 Å². The summed E-state index contributed by atoms with van der Waals surface area (Å²) in [5.74, 6) is 0.651. The largest absolute Gasteiger partial charge is 0.423 e. The molecule has 0 bridgehead atoms.